The highest BCUT2D eigenvalue weighted by molar-refractivity contribution is 7.99. The van der Waals surface area contributed by atoms with Gasteiger partial charge in [0.15, 0.2) is 5.16 Å². The molecule has 3 rings (SSSR count). The van der Waals surface area contributed by atoms with Crippen molar-refractivity contribution in [3.05, 3.63) is 85.0 Å². The molecule has 1 N–H and O–H groups in total. The van der Waals surface area contributed by atoms with Gasteiger partial charge in [0.05, 0.1) is 11.8 Å². The zero-order valence-corrected chi connectivity index (χ0v) is 15.6. The number of benzene rings is 2. The highest BCUT2D eigenvalue weighted by atomic mass is 32.2. The van der Waals surface area contributed by atoms with Crippen molar-refractivity contribution in [2.45, 2.75) is 17.7 Å². The first-order valence-electron chi connectivity index (χ1n) is 8.59. The van der Waals surface area contributed by atoms with E-state index in [9.17, 15) is 9.50 Å². The van der Waals surface area contributed by atoms with Gasteiger partial charge in [-0.15, -0.1) is 6.58 Å². The number of halogens is 1. The Bertz CT molecular complexity index is 897. The lowest BCUT2D eigenvalue weighted by atomic mass is 10.1. The van der Waals surface area contributed by atoms with E-state index in [4.69, 9.17) is 4.74 Å². The summed E-state index contributed by atoms with van der Waals surface area (Å²) in [5.41, 5.74) is 1.73. The maximum absolute atomic E-state index is 13.5. The van der Waals surface area contributed by atoms with Crippen LogP contribution in [-0.4, -0.2) is 33.1 Å². The molecule has 4 nitrogen and oxygen atoms in total. The average Bonchev–Trinajstić information content (AvgIpc) is 3.14. The van der Waals surface area contributed by atoms with Crippen LogP contribution in [0.2, 0.25) is 0 Å². The highest BCUT2D eigenvalue weighted by Crippen LogP contribution is 2.23. The molecule has 3 aromatic rings. The van der Waals surface area contributed by atoms with Gasteiger partial charge in [-0.05, 0) is 36.2 Å². The maximum Gasteiger partial charge on any atom is 0.172 e. The molecule has 0 fully saturated rings. The summed E-state index contributed by atoms with van der Waals surface area (Å²) in [7, 11) is 0. The summed E-state index contributed by atoms with van der Waals surface area (Å²) < 4.78 is 21.0. The third-order valence-electron chi connectivity index (χ3n) is 3.87. The standard InChI is InChI=1S/C21H21FN2O2S/c1-2-6-16-7-3-4-10-20(16)26-14-19(25)15-27-21-23-11-12-24(21)18-9-5-8-17(22)13-18/h2-5,7-13,19,25H,1,6,14-15H2. The zero-order chi connectivity index (χ0) is 19.1. The van der Waals surface area contributed by atoms with Crippen LogP contribution in [0.1, 0.15) is 5.56 Å². The van der Waals surface area contributed by atoms with Crippen LogP contribution >= 0.6 is 11.8 Å². The van der Waals surface area contributed by atoms with Crippen molar-refractivity contribution in [1.82, 2.24) is 9.55 Å². The highest BCUT2D eigenvalue weighted by Gasteiger charge is 2.12. The fourth-order valence-corrected chi connectivity index (χ4v) is 3.47. The minimum atomic E-state index is -0.663. The topological polar surface area (TPSA) is 47.3 Å². The molecule has 1 atom stereocenters. The third-order valence-corrected chi connectivity index (χ3v) is 4.98. The van der Waals surface area contributed by atoms with Crippen molar-refractivity contribution in [3.63, 3.8) is 0 Å². The molecular formula is C21H21FN2O2S. The van der Waals surface area contributed by atoms with Gasteiger partial charge in [-0.3, -0.25) is 4.57 Å². The maximum atomic E-state index is 13.5. The minimum absolute atomic E-state index is 0.182. The molecule has 0 aliphatic rings. The van der Waals surface area contributed by atoms with E-state index in [1.165, 1.54) is 23.9 Å². The number of rotatable bonds is 9. The number of thioether (sulfide) groups is 1. The number of allylic oxidation sites excluding steroid dienone is 1. The van der Waals surface area contributed by atoms with E-state index < -0.39 is 6.10 Å². The van der Waals surface area contributed by atoms with Gasteiger partial charge in [0, 0.05) is 18.1 Å². The number of imidazole rings is 1. The van der Waals surface area contributed by atoms with Crippen molar-refractivity contribution in [1.29, 1.82) is 0 Å². The Hall–Kier alpha value is -2.57. The summed E-state index contributed by atoms with van der Waals surface area (Å²) in [5.74, 6) is 0.863. The third kappa shape index (κ3) is 5.21. The number of ether oxygens (including phenoxy) is 1. The van der Waals surface area contributed by atoms with Crippen LogP contribution < -0.4 is 4.74 Å². The van der Waals surface area contributed by atoms with Crippen LogP contribution in [0.3, 0.4) is 0 Å². The first-order chi connectivity index (χ1) is 13.2. The summed E-state index contributed by atoms with van der Waals surface area (Å²) >= 11 is 1.40. The van der Waals surface area contributed by atoms with Gasteiger partial charge in [0.25, 0.3) is 0 Å². The molecule has 0 saturated heterocycles. The van der Waals surface area contributed by atoms with Crippen LogP contribution in [0, 0.1) is 5.82 Å². The fraction of sp³-hybridized carbons (Fsp3) is 0.190. The van der Waals surface area contributed by atoms with Gasteiger partial charge < -0.3 is 9.84 Å². The molecule has 0 saturated carbocycles. The largest absolute Gasteiger partial charge is 0.491 e. The van der Waals surface area contributed by atoms with E-state index in [1.54, 1.807) is 23.0 Å². The first-order valence-corrected chi connectivity index (χ1v) is 9.57. The number of hydrogen-bond acceptors (Lipinski definition) is 4. The summed E-state index contributed by atoms with van der Waals surface area (Å²) in [4.78, 5) is 4.29. The predicted molar refractivity (Wildman–Crippen MR) is 106 cm³/mol. The fourth-order valence-electron chi connectivity index (χ4n) is 2.59. The number of aliphatic hydroxyl groups excluding tert-OH is 1. The molecule has 27 heavy (non-hydrogen) atoms. The molecule has 1 heterocycles. The minimum Gasteiger partial charge on any atom is -0.491 e. The number of hydrogen-bond donors (Lipinski definition) is 1. The Morgan fingerprint density at radius 2 is 2.11 bits per heavy atom. The Morgan fingerprint density at radius 1 is 1.26 bits per heavy atom. The molecule has 0 bridgehead atoms. The molecule has 0 radical (unpaired) electrons. The summed E-state index contributed by atoms with van der Waals surface area (Å²) in [5, 5.41) is 11.0. The Labute approximate surface area is 162 Å². The Kier molecular flexibility index (Phi) is 6.68. The van der Waals surface area contributed by atoms with Crippen LogP contribution in [-0.2, 0) is 6.42 Å². The quantitative estimate of drug-likeness (QED) is 0.442. The van der Waals surface area contributed by atoms with Crippen molar-refractivity contribution in [2.24, 2.45) is 0 Å². The van der Waals surface area contributed by atoms with Gasteiger partial charge in [-0.25, -0.2) is 9.37 Å². The van der Waals surface area contributed by atoms with Crippen molar-refractivity contribution in [3.8, 4) is 11.4 Å². The number of aliphatic hydroxyl groups is 1. The van der Waals surface area contributed by atoms with Gasteiger partial charge in [-0.1, -0.05) is 42.1 Å². The SMILES string of the molecule is C=CCc1ccccc1OCC(O)CSc1nccn1-c1cccc(F)c1. The van der Waals surface area contributed by atoms with E-state index >= 15 is 0 Å². The van der Waals surface area contributed by atoms with Gasteiger partial charge in [0.1, 0.15) is 18.2 Å². The summed E-state index contributed by atoms with van der Waals surface area (Å²) in [6.45, 7) is 3.93. The smallest absolute Gasteiger partial charge is 0.172 e. The second kappa shape index (κ2) is 9.39. The monoisotopic (exact) mass is 384 g/mol. The van der Waals surface area contributed by atoms with Crippen LogP contribution in [0.5, 0.6) is 5.75 Å². The molecule has 1 aromatic heterocycles. The zero-order valence-electron chi connectivity index (χ0n) is 14.8. The van der Waals surface area contributed by atoms with E-state index in [0.717, 1.165) is 11.3 Å². The van der Waals surface area contributed by atoms with Gasteiger partial charge in [0.2, 0.25) is 0 Å². The Morgan fingerprint density at radius 3 is 2.93 bits per heavy atom. The number of para-hydroxylation sites is 1. The second-order valence-corrected chi connectivity index (χ2v) is 6.92. The number of aromatic nitrogens is 2. The normalized spacial score (nSPS) is 11.9. The molecule has 0 aliphatic carbocycles. The van der Waals surface area contributed by atoms with E-state index in [0.29, 0.717) is 23.0 Å². The molecule has 1 unspecified atom stereocenters. The lowest BCUT2D eigenvalue weighted by Crippen LogP contribution is -2.20. The summed E-state index contributed by atoms with van der Waals surface area (Å²) in [6, 6.07) is 14.0. The van der Waals surface area contributed by atoms with E-state index in [2.05, 4.69) is 11.6 Å². The van der Waals surface area contributed by atoms with Crippen molar-refractivity contribution >= 4 is 11.8 Å². The average molecular weight is 384 g/mol. The molecule has 140 valence electrons. The number of nitrogens with zero attached hydrogens (tertiary/aromatic N) is 2. The molecule has 0 aliphatic heterocycles. The lowest BCUT2D eigenvalue weighted by Gasteiger charge is -2.14. The van der Waals surface area contributed by atoms with Crippen molar-refractivity contribution in [2.75, 3.05) is 12.4 Å². The van der Waals surface area contributed by atoms with Crippen LogP contribution in [0.15, 0.2) is 78.7 Å². The van der Waals surface area contributed by atoms with Crippen molar-refractivity contribution < 1.29 is 14.2 Å². The van der Waals surface area contributed by atoms with E-state index in [1.807, 2.05) is 36.4 Å². The Balaban J connectivity index is 1.57. The molecule has 6 heteroatoms. The first kappa shape index (κ1) is 19.2. The van der Waals surface area contributed by atoms with Gasteiger partial charge >= 0.3 is 0 Å². The van der Waals surface area contributed by atoms with Gasteiger partial charge in [-0.2, -0.15) is 0 Å². The molecular weight excluding hydrogens is 363 g/mol. The molecule has 0 amide bonds. The predicted octanol–water partition coefficient (Wildman–Crippen LogP) is 4.27. The van der Waals surface area contributed by atoms with E-state index in [-0.39, 0.29) is 12.4 Å². The molecule has 0 spiro atoms. The van der Waals surface area contributed by atoms with Crippen LogP contribution in [0.4, 0.5) is 4.39 Å². The second-order valence-electron chi connectivity index (χ2n) is 5.94. The lowest BCUT2D eigenvalue weighted by molar-refractivity contribution is 0.126. The summed E-state index contributed by atoms with van der Waals surface area (Å²) in [6.07, 6.45) is 5.30. The van der Waals surface area contributed by atoms with Crippen LogP contribution in [0.25, 0.3) is 5.69 Å². The molecule has 2 aromatic carbocycles.